The quantitative estimate of drug-likeness (QED) is 0.271. The van der Waals surface area contributed by atoms with Gasteiger partial charge in [0, 0.05) is 24.6 Å². The van der Waals surface area contributed by atoms with Gasteiger partial charge in [-0.2, -0.15) is 26.3 Å². The number of aromatic nitrogens is 2. The second kappa shape index (κ2) is 12.3. The lowest BCUT2D eigenvalue weighted by Crippen LogP contribution is -2.44. The maximum atomic E-state index is 13.0. The molecule has 0 unspecified atom stereocenters. The Morgan fingerprint density at radius 2 is 1.68 bits per heavy atom. The van der Waals surface area contributed by atoms with Crippen LogP contribution in [0, 0.1) is 0 Å². The van der Waals surface area contributed by atoms with Crippen molar-refractivity contribution in [3.8, 4) is 5.75 Å². The highest BCUT2D eigenvalue weighted by Gasteiger charge is 2.40. The van der Waals surface area contributed by atoms with Crippen molar-refractivity contribution < 1.29 is 35.9 Å². The Balaban J connectivity index is 1.69. The van der Waals surface area contributed by atoms with E-state index in [2.05, 4.69) is 11.9 Å². The number of ether oxygens (including phenoxy) is 1. The average Bonchev–Trinajstić information content (AvgIpc) is 3.19. The molecule has 1 aliphatic rings. The van der Waals surface area contributed by atoms with E-state index in [4.69, 9.17) is 9.72 Å². The average molecular weight is 585 g/mol. The van der Waals surface area contributed by atoms with Gasteiger partial charge in [-0.1, -0.05) is 18.6 Å². The van der Waals surface area contributed by atoms with Crippen molar-refractivity contribution in [2.45, 2.75) is 70.6 Å². The minimum Gasteiger partial charge on any atom is -0.491 e. The van der Waals surface area contributed by atoms with E-state index < -0.39 is 31.3 Å². The molecule has 224 valence electrons. The van der Waals surface area contributed by atoms with E-state index >= 15 is 0 Å². The number of hydrogen-bond acceptors (Lipinski definition) is 4. The van der Waals surface area contributed by atoms with Gasteiger partial charge in [-0.25, -0.2) is 4.98 Å². The first kappa shape index (κ1) is 30.7. The maximum Gasteiger partial charge on any atom is 0.406 e. The molecule has 0 N–H and O–H groups in total. The molecule has 0 saturated carbocycles. The van der Waals surface area contributed by atoms with E-state index in [9.17, 15) is 31.1 Å². The van der Waals surface area contributed by atoms with Crippen LogP contribution in [-0.4, -0.2) is 76.4 Å². The van der Waals surface area contributed by atoms with E-state index in [0.29, 0.717) is 29.8 Å². The molecule has 1 atom stereocenters. The van der Waals surface area contributed by atoms with Gasteiger partial charge in [0.2, 0.25) is 0 Å². The number of halogens is 6. The molecule has 3 aromatic rings. The third-order valence-electron chi connectivity index (χ3n) is 7.07. The summed E-state index contributed by atoms with van der Waals surface area (Å²) in [5, 5.41) is 0. The van der Waals surface area contributed by atoms with E-state index in [1.807, 2.05) is 42.7 Å². The smallest absolute Gasteiger partial charge is 0.406 e. The van der Waals surface area contributed by atoms with Crippen molar-refractivity contribution >= 4 is 16.9 Å². The van der Waals surface area contributed by atoms with Crippen molar-refractivity contribution in [3.63, 3.8) is 0 Å². The molecule has 1 fully saturated rings. The first-order chi connectivity index (χ1) is 19.2. The minimum atomic E-state index is -4.98. The summed E-state index contributed by atoms with van der Waals surface area (Å²) in [6.07, 6.45) is -6.34. The van der Waals surface area contributed by atoms with E-state index in [1.165, 1.54) is 12.1 Å². The number of piperidine rings is 1. The standard InChI is InChI=1S/C29H34F6N4O2/c1-19(2)41-23-10-7-20(8-11-23)14-26-36-24-15-21(27(40)38(17-28(30,31)32)18-29(33,34)35)9-12-25(24)39(26)16-22-6-4-5-13-37(22)3/h7-12,15,19,22H,4-6,13-14,16-18H2,1-3H3/t22-/m1/s1. The fraction of sp³-hybridized carbons (Fsp3) is 0.517. The maximum absolute atomic E-state index is 13.0. The topological polar surface area (TPSA) is 50.6 Å². The Morgan fingerprint density at radius 1 is 1.02 bits per heavy atom. The predicted octanol–water partition coefficient (Wildman–Crippen LogP) is 6.47. The summed E-state index contributed by atoms with van der Waals surface area (Å²) in [4.78, 5) is 19.6. The molecule has 2 aromatic carbocycles. The number of rotatable bonds is 9. The number of fused-ring (bicyclic) bond motifs is 1. The van der Waals surface area contributed by atoms with Gasteiger partial charge in [0.05, 0.1) is 17.1 Å². The number of carbonyl (C=O) groups is 1. The van der Waals surface area contributed by atoms with E-state index in [-0.39, 0.29) is 22.6 Å². The van der Waals surface area contributed by atoms with Crippen LogP contribution in [0.3, 0.4) is 0 Å². The molecule has 41 heavy (non-hydrogen) atoms. The lowest BCUT2D eigenvalue weighted by molar-refractivity contribution is -0.171. The largest absolute Gasteiger partial charge is 0.491 e. The van der Waals surface area contributed by atoms with Crippen molar-refractivity contribution in [2.75, 3.05) is 26.7 Å². The fourth-order valence-electron chi connectivity index (χ4n) is 5.19. The van der Waals surface area contributed by atoms with Gasteiger partial charge in [-0.3, -0.25) is 4.79 Å². The Kier molecular flexibility index (Phi) is 9.20. The van der Waals surface area contributed by atoms with Crippen molar-refractivity contribution in [3.05, 3.63) is 59.4 Å². The molecule has 1 amide bonds. The first-order valence-corrected chi connectivity index (χ1v) is 13.6. The van der Waals surface area contributed by atoms with Crippen LogP contribution >= 0.6 is 0 Å². The van der Waals surface area contributed by atoms with Crippen molar-refractivity contribution in [2.24, 2.45) is 0 Å². The molecular weight excluding hydrogens is 550 g/mol. The Morgan fingerprint density at radius 3 is 2.27 bits per heavy atom. The number of alkyl halides is 6. The molecule has 0 spiro atoms. The van der Waals surface area contributed by atoms with Crippen molar-refractivity contribution in [1.82, 2.24) is 19.4 Å². The van der Waals surface area contributed by atoms with Crippen LogP contribution in [0.5, 0.6) is 5.75 Å². The molecule has 0 radical (unpaired) electrons. The normalized spacial score (nSPS) is 16.9. The highest BCUT2D eigenvalue weighted by molar-refractivity contribution is 5.97. The molecular formula is C29H34F6N4O2. The molecule has 4 rings (SSSR count). The molecule has 0 aliphatic carbocycles. The van der Waals surface area contributed by atoms with Gasteiger partial charge in [0.1, 0.15) is 24.7 Å². The lowest BCUT2D eigenvalue weighted by Gasteiger charge is -2.33. The highest BCUT2D eigenvalue weighted by Crippen LogP contribution is 2.27. The highest BCUT2D eigenvalue weighted by atomic mass is 19.4. The number of imidazole rings is 1. The van der Waals surface area contributed by atoms with Gasteiger partial charge in [-0.15, -0.1) is 0 Å². The van der Waals surface area contributed by atoms with Crippen LogP contribution in [0.2, 0.25) is 0 Å². The number of likely N-dealkylation sites (tertiary alicyclic amines) is 1. The van der Waals surface area contributed by atoms with Crippen LogP contribution in [0.25, 0.3) is 11.0 Å². The van der Waals surface area contributed by atoms with E-state index in [1.54, 1.807) is 6.07 Å². The summed E-state index contributed by atoms with van der Waals surface area (Å²) in [6, 6.07) is 11.9. The van der Waals surface area contributed by atoms with Gasteiger partial charge < -0.3 is 19.1 Å². The van der Waals surface area contributed by atoms with Crippen LogP contribution in [-0.2, 0) is 13.0 Å². The summed E-state index contributed by atoms with van der Waals surface area (Å²) in [7, 11) is 2.06. The van der Waals surface area contributed by atoms with E-state index in [0.717, 1.165) is 37.1 Å². The van der Waals surface area contributed by atoms with Gasteiger partial charge >= 0.3 is 12.4 Å². The van der Waals surface area contributed by atoms with Crippen LogP contribution in [0.15, 0.2) is 42.5 Å². The zero-order valence-electron chi connectivity index (χ0n) is 23.2. The first-order valence-electron chi connectivity index (χ1n) is 13.6. The number of carbonyl (C=O) groups excluding carboxylic acids is 1. The molecule has 1 aromatic heterocycles. The van der Waals surface area contributed by atoms with Crippen LogP contribution in [0.4, 0.5) is 26.3 Å². The fourth-order valence-corrected chi connectivity index (χ4v) is 5.19. The number of hydrogen-bond donors (Lipinski definition) is 0. The minimum absolute atomic E-state index is 0.0256. The number of likely N-dealkylation sites (N-methyl/N-ethyl adjacent to an activating group) is 1. The molecule has 2 heterocycles. The summed E-state index contributed by atoms with van der Waals surface area (Å²) in [5.41, 5.74) is 1.66. The Hall–Kier alpha value is -3.28. The van der Waals surface area contributed by atoms with Gasteiger partial charge in [-0.05, 0) is 76.2 Å². The molecule has 12 heteroatoms. The van der Waals surface area contributed by atoms with Crippen LogP contribution in [0.1, 0.15) is 54.9 Å². The Labute approximate surface area is 234 Å². The lowest BCUT2D eigenvalue weighted by atomic mass is 10.0. The molecule has 1 aliphatic heterocycles. The summed E-state index contributed by atoms with van der Waals surface area (Å²) < 4.78 is 85.9. The Bertz CT molecular complexity index is 1320. The number of nitrogens with zero attached hydrogens (tertiary/aromatic N) is 4. The third kappa shape index (κ3) is 8.37. The zero-order chi connectivity index (χ0) is 29.9. The molecule has 0 bridgehead atoms. The van der Waals surface area contributed by atoms with Gasteiger partial charge in [0.15, 0.2) is 0 Å². The van der Waals surface area contributed by atoms with Gasteiger partial charge in [0.25, 0.3) is 5.91 Å². The number of benzene rings is 2. The third-order valence-corrected chi connectivity index (χ3v) is 7.07. The van der Waals surface area contributed by atoms with Crippen molar-refractivity contribution in [1.29, 1.82) is 0 Å². The monoisotopic (exact) mass is 584 g/mol. The second-order valence-corrected chi connectivity index (χ2v) is 10.9. The number of amides is 1. The summed E-state index contributed by atoms with van der Waals surface area (Å²) in [6.45, 7) is 1.42. The van der Waals surface area contributed by atoms with Crippen LogP contribution < -0.4 is 4.74 Å². The predicted molar refractivity (Wildman–Crippen MR) is 143 cm³/mol. The molecule has 6 nitrogen and oxygen atoms in total. The zero-order valence-corrected chi connectivity index (χ0v) is 23.2. The SMILES string of the molecule is CC(C)Oc1ccc(Cc2nc3cc(C(=O)N(CC(F)(F)F)CC(F)(F)F)ccc3n2C[C@H]2CCCCN2C)cc1. The molecule has 1 saturated heterocycles. The summed E-state index contributed by atoms with van der Waals surface area (Å²) in [5.74, 6) is 0.0560. The second-order valence-electron chi connectivity index (χ2n) is 10.9. The summed E-state index contributed by atoms with van der Waals surface area (Å²) >= 11 is 0.